The van der Waals surface area contributed by atoms with E-state index < -0.39 is 5.54 Å². The Labute approximate surface area is 180 Å². The third-order valence-corrected chi connectivity index (χ3v) is 7.10. The monoisotopic (exact) mass is 416 g/mol. The Bertz CT molecular complexity index is 780. The molecule has 1 saturated heterocycles. The fraction of sp³-hybridized carbons (Fsp3) is 0.667. The number of benzene rings is 1. The first-order chi connectivity index (χ1) is 14.3. The Morgan fingerprint density at radius 2 is 2.03 bits per heavy atom. The summed E-state index contributed by atoms with van der Waals surface area (Å²) in [6.07, 6.45) is 4.31. The molecule has 1 N–H and O–H groups in total. The summed E-state index contributed by atoms with van der Waals surface area (Å²) in [4.78, 5) is 27.8. The summed E-state index contributed by atoms with van der Waals surface area (Å²) in [5, 5.41) is 3.29. The summed E-state index contributed by atoms with van der Waals surface area (Å²) in [7, 11) is 1.60. The molecule has 166 valence electrons. The number of ether oxygens (including phenoxy) is 2. The molecule has 6 nitrogen and oxygen atoms in total. The zero-order chi connectivity index (χ0) is 21.9. The molecule has 0 bridgehead atoms. The lowest BCUT2D eigenvalue weighted by Gasteiger charge is -2.39. The van der Waals surface area contributed by atoms with Gasteiger partial charge in [-0.05, 0) is 56.2 Å². The molecule has 3 rings (SSSR count). The van der Waals surface area contributed by atoms with E-state index in [1.54, 1.807) is 12.0 Å². The number of nitrogens with zero attached hydrogens (tertiary/aromatic N) is 1. The number of hydrogen-bond donors (Lipinski definition) is 1. The summed E-state index contributed by atoms with van der Waals surface area (Å²) in [5.41, 5.74) is 0.0905. The lowest BCUT2D eigenvalue weighted by molar-refractivity contribution is -0.142. The third kappa shape index (κ3) is 4.42. The van der Waals surface area contributed by atoms with E-state index in [9.17, 15) is 9.59 Å². The fourth-order valence-corrected chi connectivity index (χ4v) is 4.77. The molecule has 4 atom stereocenters. The van der Waals surface area contributed by atoms with Crippen LogP contribution in [0, 0.1) is 11.8 Å². The Hall–Kier alpha value is -2.24. The van der Waals surface area contributed by atoms with Gasteiger partial charge in [-0.1, -0.05) is 32.8 Å². The number of nitrogens with one attached hydrogen (secondary N) is 1. The summed E-state index contributed by atoms with van der Waals surface area (Å²) in [5.74, 6) is 2.36. The van der Waals surface area contributed by atoms with Crippen molar-refractivity contribution >= 4 is 11.8 Å². The molecular formula is C24H36N2O4. The quantitative estimate of drug-likeness (QED) is 0.732. The molecule has 30 heavy (non-hydrogen) atoms. The highest BCUT2D eigenvalue weighted by Crippen LogP contribution is 2.36. The molecule has 1 heterocycles. The standard InChI is InChI=1S/C24H36N2O4/c1-6-30-20-11-10-18(14-21(20)29-5)15-26-22(27)12-13-24(26,4)23(28)25-19-9-7-8-16(2)17(19)3/h10-11,14,16-17,19H,6-9,12-13,15H2,1-5H3,(H,25,28)/t16-,17-,19-,24-/m1/s1. The van der Waals surface area contributed by atoms with E-state index in [0.717, 1.165) is 18.4 Å². The van der Waals surface area contributed by atoms with Gasteiger partial charge in [-0.2, -0.15) is 0 Å². The van der Waals surface area contributed by atoms with Gasteiger partial charge in [0.25, 0.3) is 0 Å². The number of carbonyl (C=O) groups is 2. The van der Waals surface area contributed by atoms with Crippen LogP contribution in [0.15, 0.2) is 18.2 Å². The maximum absolute atomic E-state index is 13.3. The van der Waals surface area contributed by atoms with Crippen molar-refractivity contribution in [1.29, 1.82) is 0 Å². The van der Waals surface area contributed by atoms with Crippen molar-refractivity contribution in [2.24, 2.45) is 11.8 Å². The van der Waals surface area contributed by atoms with Gasteiger partial charge in [0.05, 0.1) is 13.7 Å². The molecule has 2 aliphatic rings. The highest BCUT2D eigenvalue weighted by atomic mass is 16.5. The van der Waals surface area contributed by atoms with Gasteiger partial charge in [0, 0.05) is 19.0 Å². The van der Waals surface area contributed by atoms with E-state index in [2.05, 4.69) is 19.2 Å². The van der Waals surface area contributed by atoms with E-state index in [0.29, 0.717) is 49.3 Å². The highest BCUT2D eigenvalue weighted by molar-refractivity contribution is 5.94. The smallest absolute Gasteiger partial charge is 0.245 e. The molecule has 2 fully saturated rings. The summed E-state index contributed by atoms with van der Waals surface area (Å²) < 4.78 is 11.0. The van der Waals surface area contributed by atoms with Crippen LogP contribution in [0.3, 0.4) is 0 Å². The average molecular weight is 417 g/mol. The topological polar surface area (TPSA) is 67.9 Å². The highest BCUT2D eigenvalue weighted by Gasteiger charge is 2.48. The Kier molecular flexibility index (Phi) is 6.94. The van der Waals surface area contributed by atoms with Gasteiger partial charge < -0.3 is 19.7 Å². The van der Waals surface area contributed by atoms with Crippen LogP contribution >= 0.6 is 0 Å². The van der Waals surface area contributed by atoms with Crippen LogP contribution in [0.5, 0.6) is 11.5 Å². The van der Waals surface area contributed by atoms with Crippen LogP contribution in [0.2, 0.25) is 0 Å². The van der Waals surface area contributed by atoms with Crippen molar-refractivity contribution in [3.05, 3.63) is 23.8 Å². The predicted octanol–water partition coefficient (Wildman–Crippen LogP) is 3.92. The van der Waals surface area contributed by atoms with Gasteiger partial charge >= 0.3 is 0 Å². The number of carbonyl (C=O) groups excluding carboxylic acids is 2. The Morgan fingerprint density at radius 1 is 1.27 bits per heavy atom. The number of likely N-dealkylation sites (tertiary alicyclic amines) is 1. The zero-order valence-corrected chi connectivity index (χ0v) is 19.0. The van der Waals surface area contributed by atoms with E-state index in [-0.39, 0.29) is 17.9 Å². The lowest BCUT2D eigenvalue weighted by atomic mass is 9.77. The molecule has 1 aliphatic carbocycles. The molecule has 1 saturated carbocycles. The van der Waals surface area contributed by atoms with Crippen LogP contribution in [0.4, 0.5) is 0 Å². The lowest BCUT2D eigenvalue weighted by Crippen LogP contribution is -2.57. The van der Waals surface area contributed by atoms with E-state index in [4.69, 9.17) is 9.47 Å². The van der Waals surface area contributed by atoms with Gasteiger partial charge in [-0.15, -0.1) is 0 Å². The van der Waals surface area contributed by atoms with Crippen LogP contribution in [-0.4, -0.2) is 42.0 Å². The number of hydrogen-bond acceptors (Lipinski definition) is 4. The molecule has 0 spiro atoms. The molecule has 1 aliphatic heterocycles. The van der Waals surface area contributed by atoms with Crippen LogP contribution in [0.25, 0.3) is 0 Å². The van der Waals surface area contributed by atoms with E-state index in [1.807, 2.05) is 32.0 Å². The molecule has 0 unspecified atom stereocenters. The second-order valence-corrected chi connectivity index (χ2v) is 9.02. The van der Waals surface area contributed by atoms with Crippen molar-refractivity contribution in [2.45, 2.75) is 77.9 Å². The van der Waals surface area contributed by atoms with E-state index >= 15 is 0 Å². The van der Waals surface area contributed by atoms with Crippen molar-refractivity contribution in [3.63, 3.8) is 0 Å². The van der Waals surface area contributed by atoms with Crippen molar-refractivity contribution in [3.8, 4) is 11.5 Å². The molecule has 0 aromatic heterocycles. The minimum Gasteiger partial charge on any atom is -0.493 e. The zero-order valence-electron chi connectivity index (χ0n) is 19.0. The second kappa shape index (κ2) is 9.27. The first-order valence-electron chi connectivity index (χ1n) is 11.2. The van der Waals surface area contributed by atoms with Crippen LogP contribution in [-0.2, 0) is 16.1 Å². The minimum atomic E-state index is -0.830. The average Bonchev–Trinajstić information content (AvgIpc) is 3.02. The summed E-state index contributed by atoms with van der Waals surface area (Å²) >= 11 is 0. The number of methoxy groups -OCH3 is 1. The summed E-state index contributed by atoms with van der Waals surface area (Å²) in [6, 6.07) is 5.87. The Balaban J connectivity index is 1.76. The van der Waals surface area contributed by atoms with Crippen molar-refractivity contribution < 1.29 is 19.1 Å². The predicted molar refractivity (Wildman–Crippen MR) is 116 cm³/mol. The molecule has 1 aromatic rings. The first kappa shape index (κ1) is 22.4. The maximum Gasteiger partial charge on any atom is 0.245 e. The largest absolute Gasteiger partial charge is 0.493 e. The molecule has 0 radical (unpaired) electrons. The van der Waals surface area contributed by atoms with Gasteiger partial charge in [-0.25, -0.2) is 0 Å². The van der Waals surface area contributed by atoms with Crippen molar-refractivity contribution in [1.82, 2.24) is 10.2 Å². The first-order valence-corrected chi connectivity index (χ1v) is 11.2. The Morgan fingerprint density at radius 3 is 2.73 bits per heavy atom. The van der Waals surface area contributed by atoms with Crippen LogP contribution < -0.4 is 14.8 Å². The second-order valence-electron chi connectivity index (χ2n) is 9.02. The van der Waals surface area contributed by atoms with Crippen molar-refractivity contribution in [2.75, 3.05) is 13.7 Å². The third-order valence-electron chi connectivity index (χ3n) is 7.10. The number of amides is 2. The van der Waals surface area contributed by atoms with Gasteiger partial charge in [0.2, 0.25) is 11.8 Å². The molecule has 6 heteroatoms. The summed E-state index contributed by atoms with van der Waals surface area (Å²) in [6.45, 7) is 9.24. The minimum absolute atomic E-state index is 0.0190. The fourth-order valence-electron chi connectivity index (χ4n) is 4.77. The normalized spacial score (nSPS) is 29.0. The maximum atomic E-state index is 13.3. The molecular weight excluding hydrogens is 380 g/mol. The van der Waals surface area contributed by atoms with Gasteiger partial charge in [0.1, 0.15) is 5.54 Å². The SMILES string of the molecule is CCOc1ccc(CN2C(=O)CC[C@]2(C)C(=O)N[C@@H]2CCC[C@@H](C)[C@H]2C)cc1OC. The molecule has 2 amide bonds. The van der Waals surface area contributed by atoms with E-state index in [1.165, 1.54) is 6.42 Å². The van der Waals surface area contributed by atoms with Gasteiger partial charge in [0.15, 0.2) is 11.5 Å². The van der Waals surface area contributed by atoms with Crippen LogP contribution in [0.1, 0.15) is 65.4 Å². The number of rotatable bonds is 7. The molecule has 1 aromatic carbocycles. The van der Waals surface area contributed by atoms with Gasteiger partial charge in [-0.3, -0.25) is 9.59 Å².